The Morgan fingerprint density at radius 2 is 1.68 bits per heavy atom. The van der Waals surface area contributed by atoms with E-state index in [9.17, 15) is 0 Å². The number of benzene rings is 2. The molecule has 0 aliphatic carbocycles. The number of aromatic nitrogens is 1. The molecule has 0 aliphatic rings. The van der Waals surface area contributed by atoms with Gasteiger partial charge in [-0.05, 0) is 31.2 Å². The fourth-order valence-corrected chi connectivity index (χ4v) is 3.20. The van der Waals surface area contributed by atoms with Crippen LogP contribution in [-0.2, 0) is 6.61 Å². The number of rotatable bonds is 5. The Balaban J connectivity index is 1.99. The molecule has 0 aliphatic heterocycles. The normalized spacial score (nSPS) is 11.1. The first-order chi connectivity index (χ1) is 12.0. The maximum atomic E-state index is 6.35. The first kappa shape index (κ1) is 17.8. The molecule has 0 fully saturated rings. The van der Waals surface area contributed by atoms with Crippen LogP contribution in [0.2, 0.25) is 10.0 Å². The quantitative estimate of drug-likeness (QED) is 0.499. The zero-order valence-corrected chi connectivity index (χ0v) is 15.9. The highest BCUT2D eigenvalue weighted by Crippen LogP contribution is 2.38. The molecule has 25 heavy (non-hydrogen) atoms. The molecule has 0 unspecified atom stereocenters. The van der Waals surface area contributed by atoms with E-state index in [-0.39, 0.29) is 5.92 Å². The average Bonchev–Trinajstić information content (AvgIpc) is 2.98. The van der Waals surface area contributed by atoms with E-state index < -0.39 is 0 Å². The third-order valence-electron chi connectivity index (χ3n) is 3.95. The molecule has 130 valence electrons. The van der Waals surface area contributed by atoms with Gasteiger partial charge in [0.25, 0.3) is 0 Å². The summed E-state index contributed by atoms with van der Waals surface area (Å²) in [5.41, 5.74) is 3.35. The van der Waals surface area contributed by atoms with Crippen molar-refractivity contribution in [3.63, 3.8) is 0 Å². The van der Waals surface area contributed by atoms with Crippen LogP contribution in [0.3, 0.4) is 0 Å². The zero-order valence-electron chi connectivity index (χ0n) is 14.3. The summed E-state index contributed by atoms with van der Waals surface area (Å²) in [6.07, 6.45) is 0. The minimum absolute atomic E-state index is 0.166. The van der Waals surface area contributed by atoms with Gasteiger partial charge < -0.3 is 9.26 Å². The molecule has 0 saturated heterocycles. The molecule has 0 saturated carbocycles. The molecule has 0 bridgehead atoms. The van der Waals surface area contributed by atoms with Crippen molar-refractivity contribution in [2.75, 3.05) is 0 Å². The molecule has 3 aromatic rings. The van der Waals surface area contributed by atoms with Crippen LogP contribution in [0.4, 0.5) is 0 Å². The Morgan fingerprint density at radius 3 is 2.28 bits per heavy atom. The van der Waals surface area contributed by atoms with Crippen LogP contribution in [0.15, 0.2) is 47.0 Å². The summed E-state index contributed by atoms with van der Waals surface area (Å²) in [7, 11) is 0. The third kappa shape index (κ3) is 3.83. The van der Waals surface area contributed by atoms with Gasteiger partial charge in [0.15, 0.2) is 0 Å². The molecule has 0 amide bonds. The van der Waals surface area contributed by atoms with Crippen molar-refractivity contribution >= 4 is 23.2 Å². The van der Waals surface area contributed by atoms with Gasteiger partial charge in [0.05, 0.1) is 15.6 Å². The lowest BCUT2D eigenvalue weighted by atomic mass is 10.0. The summed E-state index contributed by atoms with van der Waals surface area (Å²) in [5, 5.41) is 5.30. The van der Waals surface area contributed by atoms with Crippen molar-refractivity contribution in [2.45, 2.75) is 33.3 Å². The Hall–Kier alpha value is -1.97. The SMILES string of the molecule is Cc1ccc(OCc2c(-c3c(Cl)cccc3Cl)noc2C(C)C)cc1. The Labute approximate surface area is 157 Å². The van der Waals surface area contributed by atoms with E-state index in [1.807, 2.05) is 45.0 Å². The second-order valence-electron chi connectivity index (χ2n) is 6.23. The topological polar surface area (TPSA) is 35.3 Å². The Morgan fingerprint density at radius 1 is 1.04 bits per heavy atom. The largest absolute Gasteiger partial charge is 0.489 e. The van der Waals surface area contributed by atoms with Crippen LogP contribution in [0.25, 0.3) is 11.3 Å². The van der Waals surface area contributed by atoms with Crippen molar-refractivity contribution in [3.8, 4) is 17.0 Å². The van der Waals surface area contributed by atoms with Crippen molar-refractivity contribution in [2.24, 2.45) is 0 Å². The van der Waals surface area contributed by atoms with Gasteiger partial charge >= 0.3 is 0 Å². The van der Waals surface area contributed by atoms with Crippen LogP contribution in [0.5, 0.6) is 5.75 Å². The number of nitrogens with zero attached hydrogens (tertiary/aromatic N) is 1. The molecule has 5 heteroatoms. The van der Waals surface area contributed by atoms with Gasteiger partial charge in [0.1, 0.15) is 23.8 Å². The van der Waals surface area contributed by atoms with Crippen LogP contribution >= 0.6 is 23.2 Å². The highest BCUT2D eigenvalue weighted by atomic mass is 35.5. The van der Waals surface area contributed by atoms with E-state index in [1.54, 1.807) is 18.2 Å². The Kier molecular flexibility index (Phi) is 5.36. The lowest BCUT2D eigenvalue weighted by Crippen LogP contribution is -2.01. The van der Waals surface area contributed by atoms with E-state index in [1.165, 1.54) is 5.56 Å². The molecule has 3 rings (SSSR count). The molecule has 0 radical (unpaired) electrons. The van der Waals surface area contributed by atoms with Gasteiger partial charge in [-0.15, -0.1) is 0 Å². The number of hydrogen-bond acceptors (Lipinski definition) is 3. The van der Waals surface area contributed by atoms with Gasteiger partial charge in [-0.1, -0.05) is 66.0 Å². The number of hydrogen-bond donors (Lipinski definition) is 0. The summed E-state index contributed by atoms with van der Waals surface area (Å²) in [5.74, 6) is 1.73. The minimum Gasteiger partial charge on any atom is -0.489 e. The predicted molar refractivity (Wildman–Crippen MR) is 102 cm³/mol. The van der Waals surface area contributed by atoms with Crippen LogP contribution in [0, 0.1) is 6.92 Å². The first-order valence-electron chi connectivity index (χ1n) is 8.09. The van der Waals surface area contributed by atoms with Crippen LogP contribution < -0.4 is 4.74 Å². The molecule has 0 atom stereocenters. The van der Waals surface area contributed by atoms with Gasteiger partial charge in [0, 0.05) is 11.5 Å². The van der Waals surface area contributed by atoms with Gasteiger partial charge in [0.2, 0.25) is 0 Å². The van der Waals surface area contributed by atoms with Crippen molar-refractivity contribution < 1.29 is 9.26 Å². The van der Waals surface area contributed by atoms with Gasteiger partial charge in [-0.3, -0.25) is 0 Å². The molecule has 2 aromatic carbocycles. The molecule has 3 nitrogen and oxygen atoms in total. The molecule has 1 aromatic heterocycles. The highest BCUT2D eigenvalue weighted by Gasteiger charge is 2.23. The summed E-state index contributed by atoms with van der Waals surface area (Å²) in [6, 6.07) is 13.3. The standard InChI is InChI=1S/C20H19Cl2NO2/c1-12(2)20-15(11-24-14-9-7-13(3)8-10-14)19(23-25-20)18-16(21)5-4-6-17(18)22/h4-10,12H,11H2,1-3H3. The van der Waals surface area contributed by atoms with E-state index >= 15 is 0 Å². The lowest BCUT2D eigenvalue weighted by molar-refractivity contribution is 0.298. The van der Waals surface area contributed by atoms with Gasteiger partial charge in [-0.2, -0.15) is 0 Å². The second-order valence-corrected chi connectivity index (χ2v) is 7.04. The summed E-state index contributed by atoms with van der Waals surface area (Å²) in [6.45, 7) is 6.47. The van der Waals surface area contributed by atoms with Crippen molar-refractivity contribution in [3.05, 3.63) is 69.4 Å². The lowest BCUT2D eigenvalue weighted by Gasteiger charge is -2.10. The van der Waals surface area contributed by atoms with Crippen LogP contribution in [0.1, 0.15) is 36.7 Å². The number of halogens is 2. The summed E-state index contributed by atoms with van der Waals surface area (Å²) >= 11 is 12.7. The Bertz CT molecular complexity index is 850. The monoisotopic (exact) mass is 375 g/mol. The molecule has 0 N–H and O–H groups in total. The zero-order chi connectivity index (χ0) is 18.0. The fourth-order valence-electron chi connectivity index (χ4n) is 2.63. The number of aryl methyl sites for hydroxylation is 1. The van der Waals surface area contributed by atoms with E-state index in [2.05, 4.69) is 5.16 Å². The smallest absolute Gasteiger partial charge is 0.146 e. The summed E-state index contributed by atoms with van der Waals surface area (Å²) in [4.78, 5) is 0. The molecule has 1 heterocycles. The maximum Gasteiger partial charge on any atom is 0.146 e. The van der Waals surface area contributed by atoms with E-state index in [4.69, 9.17) is 32.5 Å². The molecular weight excluding hydrogens is 357 g/mol. The number of ether oxygens (including phenoxy) is 1. The predicted octanol–water partition coefficient (Wildman–Crippen LogP) is 6.66. The van der Waals surface area contributed by atoms with E-state index in [0.717, 1.165) is 17.1 Å². The fraction of sp³-hybridized carbons (Fsp3) is 0.250. The second kappa shape index (κ2) is 7.51. The molecule has 0 spiro atoms. The average molecular weight is 376 g/mol. The van der Waals surface area contributed by atoms with Crippen molar-refractivity contribution in [1.82, 2.24) is 5.16 Å². The molecular formula is C20H19Cl2NO2. The maximum absolute atomic E-state index is 6.35. The highest BCUT2D eigenvalue weighted by molar-refractivity contribution is 6.39. The minimum atomic E-state index is 0.166. The summed E-state index contributed by atoms with van der Waals surface area (Å²) < 4.78 is 11.5. The third-order valence-corrected chi connectivity index (χ3v) is 4.58. The van der Waals surface area contributed by atoms with Crippen molar-refractivity contribution in [1.29, 1.82) is 0 Å². The first-order valence-corrected chi connectivity index (χ1v) is 8.85. The van der Waals surface area contributed by atoms with Crippen LogP contribution in [-0.4, -0.2) is 5.16 Å². The van der Waals surface area contributed by atoms with Gasteiger partial charge in [-0.25, -0.2) is 0 Å². The van der Waals surface area contributed by atoms with E-state index in [0.29, 0.717) is 27.9 Å².